The second-order valence-electron chi connectivity index (χ2n) is 11.4. The van der Waals surface area contributed by atoms with Crippen molar-refractivity contribution in [3.8, 4) is 0 Å². The van der Waals surface area contributed by atoms with E-state index in [1.165, 1.54) is 33.0 Å². The first-order valence-electron chi connectivity index (χ1n) is 15.2. The number of fused-ring (bicyclic) bond motifs is 2. The molecule has 0 N–H and O–H groups in total. The highest BCUT2D eigenvalue weighted by molar-refractivity contribution is 7.98. The van der Waals surface area contributed by atoms with Crippen LogP contribution in [0.3, 0.4) is 0 Å². The van der Waals surface area contributed by atoms with Gasteiger partial charge in [0, 0.05) is 25.9 Å². The fourth-order valence-electron chi connectivity index (χ4n) is 6.67. The van der Waals surface area contributed by atoms with E-state index in [4.69, 9.17) is 0 Å². The standard InChI is InChI=1S/C40H32BOS2/c42-40-36-18-10-11-19-38(36)44-39-25-22-31(28-37(39)40)29-43-27-26-30-20-23-35(24-21-30)41(32-12-4-1-5-13-32,33-14-6-2-7-15-33)34-16-8-3-9-17-34/h1-25,28H,26-27,29H2/q-1. The third-order valence-corrected chi connectivity index (χ3v) is 11.0. The Morgan fingerprint density at radius 2 is 1.00 bits per heavy atom. The molecular weight excluding hydrogens is 571 g/mol. The lowest BCUT2D eigenvalue weighted by Crippen LogP contribution is -2.74. The zero-order valence-corrected chi connectivity index (χ0v) is 26.1. The molecule has 0 saturated heterocycles. The third kappa shape index (κ3) is 5.41. The van der Waals surface area contributed by atoms with Gasteiger partial charge in [0.25, 0.3) is 0 Å². The van der Waals surface area contributed by atoms with E-state index in [1.807, 2.05) is 36.0 Å². The number of rotatable bonds is 9. The minimum atomic E-state index is -1.35. The van der Waals surface area contributed by atoms with Crippen LogP contribution >= 0.6 is 23.1 Å². The Kier molecular flexibility index (Phi) is 8.19. The van der Waals surface area contributed by atoms with Crippen LogP contribution in [0.25, 0.3) is 20.2 Å². The smallest absolute Gasteiger partial charge is 0.195 e. The molecule has 0 amide bonds. The second kappa shape index (κ2) is 12.7. The molecule has 44 heavy (non-hydrogen) atoms. The first-order chi connectivity index (χ1) is 21.7. The molecule has 0 bridgehead atoms. The van der Waals surface area contributed by atoms with Crippen LogP contribution in [0.4, 0.5) is 0 Å². The fourth-order valence-corrected chi connectivity index (χ4v) is 8.66. The summed E-state index contributed by atoms with van der Waals surface area (Å²) in [5, 5.41) is 1.65. The van der Waals surface area contributed by atoms with Gasteiger partial charge in [0.2, 0.25) is 0 Å². The highest BCUT2D eigenvalue weighted by Crippen LogP contribution is 2.26. The maximum absolute atomic E-state index is 13.1. The molecule has 0 radical (unpaired) electrons. The van der Waals surface area contributed by atoms with Crippen molar-refractivity contribution in [1.29, 1.82) is 0 Å². The van der Waals surface area contributed by atoms with Gasteiger partial charge in [-0.25, -0.2) is 0 Å². The third-order valence-electron chi connectivity index (χ3n) is 8.82. The van der Waals surface area contributed by atoms with Gasteiger partial charge in [-0.2, -0.15) is 33.6 Å². The van der Waals surface area contributed by atoms with E-state index in [2.05, 4.69) is 133 Å². The van der Waals surface area contributed by atoms with E-state index in [0.29, 0.717) is 0 Å². The zero-order chi connectivity index (χ0) is 29.8. The molecule has 1 heterocycles. The van der Waals surface area contributed by atoms with Gasteiger partial charge < -0.3 is 0 Å². The molecule has 0 aliphatic heterocycles. The predicted octanol–water partition coefficient (Wildman–Crippen LogP) is 7.27. The topological polar surface area (TPSA) is 17.1 Å². The number of hydrogen-bond donors (Lipinski definition) is 0. The molecule has 0 spiro atoms. The summed E-state index contributed by atoms with van der Waals surface area (Å²) in [7, 11) is 0. The average molecular weight is 604 g/mol. The number of benzene rings is 6. The Balaban J connectivity index is 1.12. The quantitative estimate of drug-likeness (QED) is 0.0981. The van der Waals surface area contributed by atoms with Crippen molar-refractivity contribution in [3.05, 3.63) is 179 Å². The van der Waals surface area contributed by atoms with Crippen LogP contribution in [0.2, 0.25) is 0 Å². The predicted molar refractivity (Wildman–Crippen MR) is 196 cm³/mol. The Bertz CT molecular complexity index is 1980. The van der Waals surface area contributed by atoms with Crippen molar-refractivity contribution in [3.63, 3.8) is 0 Å². The van der Waals surface area contributed by atoms with Gasteiger partial charge in [0.1, 0.15) is 6.15 Å². The largest absolute Gasteiger partial charge is 0.289 e. The number of hydrogen-bond acceptors (Lipinski definition) is 3. The summed E-state index contributed by atoms with van der Waals surface area (Å²) in [4.78, 5) is 13.1. The first-order valence-corrected chi connectivity index (χ1v) is 17.1. The van der Waals surface area contributed by atoms with Crippen LogP contribution in [0.1, 0.15) is 11.1 Å². The van der Waals surface area contributed by atoms with E-state index in [1.54, 1.807) is 11.3 Å². The summed E-state index contributed by atoms with van der Waals surface area (Å²) < 4.78 is 2.11. The normalized spacial score (nSPS) is 11.6. The molecule has 0 aliphatic carbocycles. The van der Waals surface area contributed by atoms with Crippen molar-refractivity contribution in [2.45, 2.75) is 12.2 Å². The summed E-state index contributed by atoms with van der Waals surface area (Å²) in [6, 6.07) is 56.5. The molecule has 7 rings (SSSR count). The molecular formula is C40H32BOS2-. The summed E-state index contributed by atoms with van der Waals surface area (Å²) in [6.07, 6.45) is -0.345. The lowest BCUT2D eigenvalue weighted by atomic mass is 9.13. The second-order valence-corrected chi connectivity index (χ2v) is 13.6. The molecule has 0 atom stereocenters. The average Bonchev–Trinajstić information content (AvgIpc) is 3.09. The molecule has 0 fully saturated rings. The van der Waals surface area contributed by atoms with Gasteiger partial charge in [-0.05, 0) is 47.6 Å². The van der Waals surface area contributed by atoms with Crippen LogP contribution in [-0.2, 0) is 12.2 Å². The minimum Gasteiger partial charge on any atom is -0.289 e. The maximum Gasteiger partial charge on any atom is 0.195 e. The molecule has 0 unspecified atom stereocenters. The Labute approximate surface area is 267 Å². The van der Waals surface area contributed by atoms with Crippen LogP contribution in [0, 0.1) is 0 Å². The van der Waals surface area contributed by atoms with Gasteiger partial charge in [-0.15, -0.1) is 11.3 Å². The molecule has 214 valence electrons. The van der Waals surface area contributed by atoms with E-state index >= 15 is 0 Å². The minimum absolute atomic E-state index is 0.139. The molecule has 1 nitrogen and oxygen atoms in total. The lowest BCUT2D eigenvalue weighted by Gasteiger charge is -2.44. The van der Waals surface area contributed by atoms with Crippen LogP contribution in [0.15, 0.2) is 163 Å². The van der Waals surface area contributed by atoms with E-state index in [0.717, 1.165) is 38.1 Å². The molecule has 0 aliphatic rings. The monoisotopic (exact) mass is 603 g/mol. The molecule has 1 aromatic heterocycles. The number of thioether (sulfide) groups is 1. The Morgan fingerprint density at radius 3 is 1.61 bits per heavy atom. The van der Waals surface area contributed by atoms with Crippen LogP contribution in [-0.4, -0.2) is 11.9 Å². The van der Waals surface area contributed by atoms with Gasteiger partial charge >= 0.3 is 0 Å². The lowest BCUT2D eigenvalue weighted by molar-refractivity contribution is 1.16. The zero-order valence-electron chi connectivity index (χ0n) is 24.4. The molecule has 7 aromatic rings. The van der Waals surface area contributed by atoms with Gasteiger partial charge in [-0.1, -0.05) is 133 Å². The van der Waals surface area contributed by atoms with Crippen molar-refractivity contribution in [1.82, 2.24) is 0 Å². The van der Waals surface area contributed by atoms with Gasteiger partial charge in [-0.3, -0.25) is 4.79 Å². The SMILES string of the molecule is O=c1c2ccccc2sc2ccc(CSCCc3ccc([B-](c4ccccc4)(c4ccccc4)c4ccccc4)cc3)cc12. The Morgan fingerprint density at radius 1 is 0.500 bits per heavy atom. The molecule has 4 heteroatoms. The van der Waals surface area contributed by atoms with Gasteiger partial charge in [0.15, 0.2) is 5.43 Å². The maximum atomic E-state index is 13.1. The van der Waals surface area contributed by atoms with Crippen molar-refractivity contribution in [2.24, 2.45) is 0 Å². The fraction of sp³-hybridized carbons (Fsp3) is 0.0750. The van der Waals surface area contributed by atoms with Crippen molar-refractivity contribution < 1.29 is 0 Å². The summed E-state index contributed by atoms with van der Waals surface area (Å²) >= 11 is 3.62. The van der Waals surface area contributed by atoms with Crippen molar-refractivity contribution in [2.75, 3.05) is 5.75 Å². The highest BCUT2D eigenvalue weighted by Gasteiger charge is 2.31. The molecule has 0 saturated carbocycles. The Hall–Kier alpha value is -4.38. The summed E-state index contributed by atoms with van der Waals surface area (Å²) in [6.45, 7) is 0. The summed E-state index contributed by atoms with van der Waals surface area (Å²) in [5.74, 6) is 1.92. The summed E-state index contributed by atoms with van der Waals surface area (Å²) in [5.41, 5.74) is 7.96. The molecule has 6 aromatic carbocycles. The van der Waals surface area contributed by atoms with E-state index in [9.17, 15) is 4.79 Å². The first kappa shape index (κ1) is 28.4. The van der Waals surface area contributed by atoms with Crippen molar-refractivity contribution >= 4 is 71.3 Å². The van der Waals surface area contributed by atoms with Crippen LogP contribution in [0.5, 0.6) is 0 Å². The number of aryl methyl sites for hydroxylation is 1. The van der Waals surface area contributed by atoms with Gasteiger partial charge in [0.05, 0.1) is 0 Å². The highest BCUT2D eigenvalue weighted by atomic mass is 32.2. The van der Waals surface area contributed by atoms with E-state index < -0.39 is 6.15 Å². The van der Waals surface area contributed by atoms with Crippen LogP contribution < -0.4 is 27.3 Å². The van der Waals surface area contributed by atoms with E-state index in [-0.39, 0.29) is 5.43 Å².